The molecule has 0 bridgehead atoms. The Hall–Kier alpha value is -1.63. The molecule has 1 N–H and O–H groups in total. The standard InChI is InChI=1S/C14H21N3O3S/c1-14(2,3)20-13(19)15-7-5-6-11-10(9-18)8-16-12(17-11)21-4/h8-9H,5-7H2,1-4H3,(H,15,19). The van der Waals surface area contributed by atoms with Gasteiger partial charge in [0.1, 0.15) is 5.60 Å². The molecule has 1 aromatic rings. The number of hydrogen-bond donors (Lipinski definition) is 1. The van der Waals surface area contributed by atoms with Gasteiger partial charge in [-0.3, -0.25) is 4.79 Å². The van der Waals surface area contributed by atoms with Gasteiger partial charge in [-0.25, -0.2) is 14.8 Å². The minimum Gasteiger partial charge on any atom is -0.444 e. The van der Waals surface area contributed by atoms with Crippen LogP contribution in [0.4, 0.5) is 4.79 Å². The van der Waals surface area contributed by atoms with Crippen LogP contribution in [0.2, 0.25) is 0 Å². The van der Waals surface area contributed by atoms with E-state index >= 15 is 0 Å². The minimum absolute atomic E-state index is 0.439. The molecule has 0 atom stereocenters. The quantitative estimate of drug-likeness (QED) is 0.376. The van der Waals surface area contributed by atoms with Gasteiger partial charge in [0.25, 0.3) is 0 Å². The lowest BCUT2D eigenvalue weighted by Gasteiger charge is -2.19. The van der Waals surface area contributed by atoms with Crippen LogP contribution in [0, 0.1) is 0 Å². The van der Waals surface area contributed by atoms with E-state index in [-0.39, 0.29) is 0 Å². The van der Waals surface area contributed by atoms with Crippen LogP contribution in [0.15, 0.2) is 11.4 Å². The lowest BCUT2D eigenvalue weighted by atomic mass is 10.1. The number of amides is 1. The minimum atomic E-state index is -0.505. The van der Waals surface area contributed by atoms with E-state index in [9.17, 15) is 9.59 Å². The Morgan fingerprint density at radius 1 is 1.48 bits per heavy atom. The van der Waals surface area contributed by atoms with E-state index in [2.05, 4.69) is 15.3 Å². The van der Waals surface area contributed by atoms with E-state index in [0.29, 0.717) is 35.8 Å². The number of hydrogen-bond acceptors (Lipinski definition) is 6. The van der Waals surface area contributed by atoms with Crippen LogP contribution in [0.3, 0.4) is 0 Å². The lowest BCUT2D eigenvalue weighted by molar-refractivity contribution is 0.0527. The zero-order chi connectivity index (χ0) is 15.9. The highest BCUT2D eigenvalue weighted by atomic mass is 32.2. The summed E-state index contributed by atoms with van der Waals surface area (Å²) in [4.78, 5) is 30.8. The van der Waals surface area contributed by atoms with Crippen molar-refractivity contribution in [3.8, 4) is 0 Å². The van der Waals surface area contributed by atoms with Crippen molar-refractivity contribution in [1.29, 1.82) is 0 Å². The lowest BCUT2D eigenvalue weighted by Crippen LogP contribution is -2.33. The molecule has 0 unspecified atom stereocenters. The number of rotatable bonds is 6. The van der Waals surface area contributed by atoms with Crippen molar-refractivity contribution < 1.29 is 14.3 Å². The number of thioether (sulfide) groups is 1. The maximum Gasteiger partial charge on any atom is 0.407 e. The average Bonchev–Trinajstić information content (AvgIpc) is 2.41. The summed E-state index contributed by atoms with van der Waals surface area (Å²) in [5, 5.41) is 3.31. The number of alkyl carbamates (subject to hydrolysis) is 1. The Bertz CT molecular complexity index is 501. The second kappa shape index (κ2) is 7.97. The Balaban J connectivity index is 2.45. The normalized spacial score (nSPS) is 11.0. The number of nitrogens with zero attached hydrogens (tertiary/aromatic N) is 2. The summed E-state index contributed by atoms with van der Waals surface area (Å²) in [6.07, 6.45) is 4.99. The van der Waals surface area contributed by atoms with Gasteiger partial charge in [0, 0.05) is 12.7 Å². The third-order valence-corrected chi connectivity index (χ3v) is 3.01. The number of carbonyl (C=O) groups excluding carboxylic acids is 2. The molecule has 0 aromatic carbocycles. The smallest absolute Gasteiger partial charge is 0.407 e. The molecule has 0 aliphatic heterocycles. The second-order valence-corrected chi connectivity index (χ2v) is 6.18. The summed E-state index contributed by atoms with van der Waals surface area (Å²) in [6.45, 7) is 5.90. The number of nitrogens with one attached hydrogen (secondary N) is 1. The molecule has 0 fully saturated rings. The van der Waals surface area contributed by atoms with Crippen molar-refractivity contribution >= 4 is 24.1 Å². The summed E-state index contributed by atoms with van der Waals surface area (Å²) in [7, 11) is 0. The molecule has 1 aromatic heterocycles. The van der Waals surface area contributed by atoms with Crippen LogP contribution in [0.5, 0.6) is 0 Å². The molecule has 7 heteroatoms. The molecule has 0 aliphatic carbocycles. The molecule has 0 radical (unpaired) electrons. The topological polar surface area (TPSA) is 81.2 Å². The van der Waals surface area contributed by atoms with Gasteiger partial charge in [-0.05, 0) is 39.9 Å². The van der Waals surface area contributed by atoms with E-state index in [4.69, 9.17) is 4.74 Å². The van der Waals surface area contributed by atoms with Gasteiger partial charge in [-0.2, -0.15) is 0 Å². The molecule has 1 rings (SSSR count). The van der Waals surface area contributed by atoms with Crippen LogP contribution in [0.1, 0.15) is 43.2 Å². The molecule has 0 spiro atoms. The third kappa shape index (κ3) is 6.57. The molecular weight excluding hydrogens is 290 g/mol. The third-order valence-electron chi connectivity index (χ3n) is 2.45. The van der Waals surface area contributed by atoms with Crippen molar-refractivity contribution in [2.24, 2.45) is 0 Å². The second-order valence-electron chi connectivity index (χ2n) is 5.41. The van der Waals surface area contributed by atoms with Gasteiger partial charge in [-0.1, -0.05) is 11.8 Å². The van der Waals surface area contributed by atoms with Crippen molar-refractivity contribution in [3.63, 3.8) is 0 Å². The van der Waals surface area contributed by atoms with Gasteiger partial charge >= 0.3 is 6.09 Å². The molecule has 1 heterocycles. The average molecular weight is 311 g/mol. The first kappa shape index (κ1) is 17.4. The first-order chi connectivity index (χ1) is 9.85. The predicted molar refractivity (Wildman–Crippen MR) is 81.8 cm³/mol. The Labute approximate surface area is 129 Å². The van der Waals surface area contributed by atoms with Gasteiger partial charge in [0.05, 0.1) is 11.3 Å². The van der Waals surface area contributed by atoms with Gasteiger partial charge in [0.15, 0.2) is 11.4 Å². The first-order valence-electron chi connectivity index (χ1n) is 6.67. The molecule has 0 saturated heterocycles. The number of carbonyl (C=O) groups is 2. The van der Waals surface area contributed by atoms with E-state index < -0.39 is 11.7 Å². The van der Waals surface area contributed by atoms with Gasteiger partial charge in [0.2, 0.25) is 0 Å². The van der Waals surface area contributed by atoms with E-state index in [0.717, 1.165) is 6.29 Å². The van der Waals surface area contributed by atoms with Crippen LogP contribution in [-0.2, 0) is 11.2 Å². The molecule has 0 saturated carbocycles. The van der Waals surface area contributed by atoms with Crippen LogP contribution >= 0.6 is 11.8 Å². The Morgan fingerprint density at radius 3 is 2.76 bits per heavy atom. The maximum atomic E-state index is 11.5. The zero-order valence-corrected chi connectivity index (χ0v) is 13.6. The summed E-state index contributed by atoms with van der Waals surface area (Å²) in [5.41, 5.74) is 0.690. The van der Waals surface area contributed by atoms with Crippen molar-refractivity contribution in [2.75, 3.05) is 12.8 Å². The molecular formula is C14H21N3O3S. The molecule has 6 nitrogen and oxygen atoms in total. The highest BCUT2D eigenvalue weighted by molar-refractivity contribution is 7.98. The number of aryl methyl sites for hydroxylation is 1. The first-order valence-corrected chi connectivity index (χ1v) is 7.90. The fourth-order valence-electron chi connectivity index (χ4n) is 1.57. The van der Waals surface area contributed by atoms with E-state index in [1.807, 2.05) is 27.0 Å². The fraction of sp³-hybridized carbons (Fsp3) is 0.571. The zero-order valence-electron chi connectivity index (χ0n) is 12.8. The van der Waals surface area contributed by atoms with Crippen LogP contribution in [0.25, 0.3) is 0 Å². The van der Waals surface area contributed by atoms with E-state index in [1.165, 1.54) is 18.0 Å². The summed E-state index contributed by atoms with van der Waals surface area (Å²) in [5.74, 6) is 0. The number of aldehydes is 1. The summed E-state index contributed by atoms with van der Waals surface area (Å²) >= 11 is 1.42. The Morgan fingerprint density at radius 2 is 2.19 bits per heavy atom. The van der Waals surface area contributed by atoms with Gasteiger partial charge < -0.3 is 10.1 Å². The SMILES string of the molecule is CSc1ncc(C=O)c(CCCNC(=O)OC(C)(C)C)n1. The fourth-order valence-corrected chi connectivity index (χ4v) is 1.93. The van der Waals surface area contributed by atoms with Crippen molar-refractivity contribution in [1.82, 2.24) is 15.3 Å². The largest absolute Gasteiger partial charge is 0.444 e. The molecule has 21 heavy (non-hydrogen) atoms. The van der Waals surface area contributed by atoms with Gasteiger partial charge in [-0.15, -0.1) is 0 Å². The molecule has 1 amide bonds. The van der Waals surface area contributed by atoms with E-state index in [1.54, 1.807) is 0 Å². The monoisotopic (exact) mass is 311 g/mol. The summed E-state index contributed by atoms with van der Waals surface area (Å²) < 4.78 is 5.14. The van der Waals surface area contributed by atoms with Crippen molar-refractivity contribution in [2.45, 2.75) is 44.4 Å². The van der Waals surface area contributed by atoms with Crippen LogP contribution < -0.4 is 5.32 Å². The maximum absolute atomic E-state index is 11.5. The Kier molecular flexibility index (Phi) is 6.61. The molecule has 0 aliphatic rings. The predicted octanol–water partition coefficient (Wildman–Crippen LogP) is 2.47. The highest BCUT2D eigenvalue weighted by Crippen LogP contribution is 2.12. The van der Waals surface area contributed by atoms with Crippen LogP contribution in [-0.4, -0.2) is 40.7 Å². The molecule has 116 valence electrons. The van der Waals surface area contributed by atoms with Crippen molar-refractivity contribution in [3.05, 3.63) is 17.5 Å². The number of aromatic nitrogens is 2. The summed E-state index contributed by atoms with van der Waals surface area (Å²) in [6, 6.07) is 0. The number of ether oxygens (including phenoxy) is 1. The highest BCUT2D eigenvalue weighted by Gasteiger charge is 2.15.